The molecule has 0 amide bonds. The molecular weight excluding hydrogens is 196 g/mol. The van der Waals surface area contributed by atoms with Crippen LogP contribution in [0.1, 0.15) is 37.9 Å². The van der Waals surface area contributed by atoms with Crippen molar-refractivity contribution in [2.24, 2.45) is 0 Å². The van der Waals surface area contributed by atoms with Crippen LogP contribution in [0.5, 0.6) is 0 Å². The first kappa shape index (κ1) is 12.5. The van der Waals surface area contributed by atoms with Crippen LogP contribution in [0.25, 0.3) is 0 Å². The van der Waals surface area contributed by atoms with E-state index in [1.165, 1.54) is 11.1 Å². The van der Waals surface area contributed by atoms with Gasteiger partial charge in [-0.25, -0.2) is 0 Å². The minimum atomic E-state index is 0.310. The van der Waals surface area contributed by atoms with Gasteiger partial charge >= 0.3 is 0 Å². The fourth-order valence-corrected chi connectivity index (χ4v) is 1.53. The van der Waals surface area contributed by atoms with Gasteiger partial charge in [0.2, 0.25) is 0 Å². The van der Waals surface area contributed by atoms with Gasteiger partial charge in [-0.1, -0.05) is 44.2 Å². The van der Waals surface area contributed by atoms with Crippen LogP contribution in [0.2, 0.25) is 0 Å². The standard InChI is InChI=1S/C12H14N2.C2H6/c1-10-8-13-14(9-10)11(2)12-6-4-3-5-7-12;1-2/h3-9,11H,1-2H3;1-2H3. The van der Waals surface area contributed by atoms with E-state index in [4.69, 9.17) is 0 Å². The van der Waals surface area contributed by atoms with Crippen molar-refractivity contribution in [1.82, 2.24) is 9.78 Å². The van der Waals surface area contributed by atoms with E-state index < -0.39 is 0 Å². The lowest BCUT2D eigenvalue weighted by Gasteiger charge is -2.11. The first-order chi connectivity index (χ1) is 7.77. The van der Waals surface area contributed by atoms with Crippen LogP contribution >= 0.6 is 0 Å². The van der Waals surface area contributed by atoms with Crippen LogP contribution in [0.4, 0.5) is 0 Å². The van der Waals surface area contributed by atoms with E-state index in [1.807, 2.05) is 30.8 Å². The van der Waals surface area contributed by atoms with Crippen molar-refractivity contribution in [3.8, 4) is 0 Å². The van der Waals surface area contributed by atoms with Crippen LogP contribution in [-0.2, 0) is 0 Å². The topological polar surface area (TPSA) is 17.8 Å². The predicted molar refractivity (Wildman–Crippen MR) is 68.6 cm³/mol. The van der Waals surface area contributed by atoms with Gasteiger partial charge in [-0.2, -0.15) is 5.10 Å². The Hall–Kier alpha value is -1.57. The smallest absolute Gasteiger partial charge is 0.0740 e. The van der Waals surface area contributed by atoms with E-state index >= 15 is 0 Å². The van der Waals surface area contributed by atoms with E-state index in [0.717, 1.165) is 0 Å². The van der Waals surface area contributed by atoms with Crippen LogP contribution < -0.4 is 0 Å². The molecule has 2 rings (SSSR count). The Kier molecular flexibility index (Phi) is 4.77. The number of aromatic nitrogens is 2. The molecule has 2 aromatic rings. The minimum absolute atomic E-state index is 0.310. The summed E-state index contributed by atoms with van der Waals surface area (Å²) in [6.45, 7) is 8.21. The molecule has 1 atom stereocenters. The fraction of sp³-hybridized carbons (Fsp3) is 0.357. The monoisotopic (exact) mass is 216 g/mol. The zero-order valence-corrected chi connectivity index (χ0v) is 10.5. The third-order valence-corrected chi connectivity index (χ3v) is 2.41. The second-order valence-corrected chi connectivity index (χ2v) is 3.58. The summed E-state index contributed by atoms with van der Waals surface area (Å²) in [7, 11) is 0. The highest BCUT2D eigenvalue weighted by Crippen LogP contribution is 2.16. The molecule has 0 aliphatic carbocycles. The number of nitrogens with zero attached hydrogens (tertiary/aromatic N) is 2. The first-order valence-corrected chi connectivity index (χ1v) is 5.83. The predicted octanol–water partition coefficient (Wildman–Crippen LogP) is 3.83. The van der Waals surface area contributed by atoms with Gasteiger partial charge in [0.05, 0.1) is 12.2 Å². The van der Waals surface area contributed by atoms with E-state index in [2.05, 4.69) is 49.4 Å². The summed E-state index contributed by atoms with van der Waals surface area (Å²) in [6, 6.07) is 10.7. The van der Waals surface area contributed by atoms with E-state index in [-0.39, 0.29) is 0 Å². The van der Waals surface area contributed by atoms with Crippen molar-refractivity contribution < 1.29 is 0 Å². The highest BCUT2D eigenvalue weighted by atomic mass is 15.3. The largest absolute Gasteiger partial charge is 0.265 e. The Morgan fingerprint density at radius 2 is 1.75 bits per heavy atom. The van der Waals surface area contributed by atoms with Gasteiger partial charge in [-0.3, -0.25) is 4.68 Å². The molecule has 1 heterocycles. The molecule has 0 saturated heterocycles. The Labute approximate surface area is 97.9 Å². The van der Waals surface area contributed by atoms with Crippen molar-refractivity contribution in [1.29, 1.82) is 0 Å². The van der Waals surface area contributed by atoms with Gasteiger partial charge < -0.3 is 0 Å². The average Bonchev–Trinajstić information content (AvgIpc) is 2.79. The Morgan fingerprint density at radius 3 is 2.25 bits per heavy atom. The molecule has 0 saturated carbocycles. The van der Waals surface area contributed by atoms with Gasteiger partial charge in [-0.15, -0.1) is 0 Å². The maximum Gasteiger partial charge on any atom is 0.0740 e. The zero-order chi connectivity index (χ0) is 12.0. The summed E-state index contributed by atoms with van der Waals surface area (Å²) in [6.07, 6.45) is 3.96. The van der Waals surface area contributed by atoms with Gasteiger partial charge in [0.25, 0.3) is 0 Å². The summed E-state index contributed by atoms with van der Waals surface area (Å²) in [5.74, 6) is 0. The SMILES string of the molecule is CC.Cc1cnn(C(C)c2ccccc2)c1. The minimum Gasteiger partial charge on any atom is -0.265 e. The normalized spacial score (nSPS) is 11.5. The molecule has 1 unspecified atom stereocenters. The maximum absolute atomic E-state index is 4.31. The Morgan fingerprint density at radius 1 is 1.12 bits per heavy atom. The van der Waals surface area contributed by atoms with Crippen LogP contribution in [0.15, 0.2) is 42.7 Å². The van der Waals surface area contributed by atoms with Crippen molar-refractivity contribution in [3.63, 3.8) is 0 Å². The molecule has 0 N–H and O–H groups in total. The molecule has 0 spiro atoms. The van der Waals surface area contributed by atoms with Gasteiger partial charge in [0, 0.05) is 6.20 Å². The van der Waals surface area contributed by atoms with Gasteiger partial charge in [0.15, 0.2) is 0 Å². The zero-order valence-electron chi connectivity index (χ0n) is 10.5. The Balaban J connectivity index is 0.000000606. The lowest BCUT2D eigenvalue weighted by atomic mass is 10.1. The molecule has 0 bridgehead atoms. The summed E-state index contributed by atoms with van der Waals surface area (Å²) >= 11 is 0. The Bertz CT molecular complexity index is 404. The molecule has 2 nitrogen and oxygen atoms in total. The number of rotatable bonds is 2. The van der Waals surface area contributed by atoms with Crippen molar-refractivity contribution in [2.45, 2.75) is 33.7 Å². The molecule has 0 fully saturated rings. The van der Waals surface area contributed by atoms with Crippen molar-refractivity contribution in [2.75, 3.05) is 0 Å². The van der Waals surface area contributed by atoms with Gasteiger partial charge in [-0.05, 0) is 25.0 Å². The molecule has 0 radical (unpaired) electrons. The molecule has 86 valence electrons. The fourth-order valence-electron chi connectivity index (χ4n) is 1.53. The summed E-state index contributed by atoms with van der Waals surface area (Å²) < 4.78 is 1.99. The second kappa shape index (κ2) is 6.11. The lowest BCUT2D eigenvalue weighted by molar-refractivity contribution is 0.564. The van der Waals surface area contributed by atoms with Gasteiger partial charge in [0.1, 0.15) is 0 Å². The first-order valence-electron chi connectivity index (χ1n) is 5.83. The molecular formula is C14H20N2. The third kappa shape index (κ3) is 2.96. The number of hydrogen-bond donors (Lipinski definition) is 0. The quantitative estimate of drug-likeness (QED) is 0.746. The maximum atomic E-state index is 4.31. The molecule has 0 aliphatic rings. The average molecular weight is 216 g/mol. The molecule has 2 heteroatoms. The number of benzene rings is 1. The summed E-state index contributed by atoms with van der Waals surface area (Å²) in [5, 5.41) is 4.31. The molecule has 0 aliphatic heterocycles. The number of hydrogen-bond acceptors (Lipinski definition) is 1. The van der Waals surface area contributed by atoms with Crippen LogP contribution in [0, 0.1) is 6.92 Å². The van der Waals surface area contributed by atoms with E-state index in [9.17, 15) is 0 Å². The second-order valence-electron chi connectivity index (χ2n) is 3.58. The van der Waals surface area contributed by atoms with E-state index in [0.29, 0.717) is 6.04 Å². The molecule has 1 aromatic carbocycles. The molecule has 16 heavy (non-hydrogen) atoms. The van der Waals surface area contributed by atoms with Crippen LogP contribution in [0.3, 0.4) is 0 Å². The highest BCUT2D eigenvalue weighted by molar-refractivity contribution is 5.19. The highest BCUT2D eigenvalue weighted by Gasteiger charge is 2.06. The van der Waals surface area contributed by atoms with Crippen molar-refractivity contribution >= 4 is 0 Å². The summed E-state index contributed by atoms with van der Waals surface area (Å²) in [5.41, 5.74) is 2.49. The van der Waals surface area contributed by atoms with Crippen LogP contribution in [-0.4, -0.2) is 9.78 Å². The lowest BCUT2D eigenvalue weighted by Crippen LogP contribution is -2.06. The summed E-state index contributed by atoms with van der Waals surface area (Å²) in [4.78, 5) is 0. The third-order valence-electron chi connectivity index (χ3n) is 2.41. The number of aryl methyl sites for hydroxylation is 1. The molecule has 1 aromatic heterocycles. The van der Waals surface area contributed by atoms with E-state index in [1.54, 1.807) is 0 Å². The van der Waals surface area contributed by atoms with Crippen molar-refractivity contribution in [3.05, 3.63) is 53.9 Å².